The highest BCUT2D eigenvalue weighted by Crippen LogP contribution is 2.20. The zero-order valence-electron chi connectivity index (χ0n) is 35.5. The molecule has 2 atom stereocenters. The second-order valence-corrected chi connectivity index (χ2v) is 14.2. The van der Waals surface area contributed by atoms with E-state index in [1.165, 1.54) is 24.2 Å². The van der Waals surface area contributed by atoms with Crippen LogP contribution in [0, 0.1) is 12.3 Å². The number of likely N-dealkylation sites (N-methyl/N-ethyl adjacent to an activating group) is 1. The van der Waals surface area contributed by atoms with Gasteiger partial charge in [0.2, 0.25) is 11.8 Å². The number of amides is 3. The minimum absolute atomic E-state index is 0.0183. The zero-order chi connectivity index (χ0) is 42.7. The fourth-order valence-electron chi connectivity index (χ4n) is 6.48. The lowest BCUT2D eigenvalue weighted by atomic mass is 10.0. The first-order chi connectivity index (χ1) is 28.0. The fraction of sp³-hybridized carbons (Fsp3) is 0.426. The van der Waals surface area contributed by atoms with E-state index in [9.17, 15) is 24.3 Å². The highest BCUT2D eigenvalue weighted by molar-refractivity contribution is 6.25. The molecule has 0 radical (unpaired) electrons. The van der Waals surface area contributed by atoms with Crippen molar-refractivity contribution in [2.45, 2.75) is 98.1 Å². The Morgan fingerprint density at radius 3 is 2.14 bits per heavy atom. The maximum Gasteiger partial charge on any atom is 0.272 e. The number of benzene rings is 3. The van der Waals surface area contributed by atoms with Crippen LogP contribution in [-0.2, 0) is 32.0 Å². The van der Waals surface area contributed by atoms with Crippen LogP contribution in [0.1, 0.15) is 82.9 Å². The van der Waals surface area contributed by atoms with Crippen LogP contribution in [0.25, 0.3) is 0 Å². The molecule has 11 nitrogen and oxygen atoms in total. The molecule has 1 saturated heterocycles. The molecule has 2 aliphatic heterocycles. The number of carbonyl (C=O) groups is 4. The first-order valence-corrected chi connectivity index (χ1v) is 20.5. The lowest BCUT2D eigenvalue weighted by Gasteiger charge is -2.34. The molecule has 58 heavy (non-hydrogen) atoms. The quantitative estimate of drug-likeness (QED) is 0.113. The molecule has 3 aromatic rings. The van der Waals surface area contributed by atoms with Crippen LogP contribution in [0.15, 0.2) is 109 Å². The van der Waals surface area contributed by atoms with Crippen molar-refractivity contribution in [1.82, 2.24) is 19.6 Å². The molecule has 2 heterocycles. The Labute approximate surface area is 346 Å². The maximum absolute atomic E-state index is 12.5. The van der Waals surface area contributed by atoms with Gasteiger partial charge in [0.05, 0.1) is 18.9 Å². The van der Waals surface area contributed by atoms with Gasteiger partial charge in [-0.25, -0.2) is 0 Å². The number of nitrogens with zero attached hydrogens (tertiary/aromatic N) is 4. The van der Waals surface area contributed by atoms with E-state index in [-0.39, 0.29) is 30.3 Å². The molecule has 11 heteroatoms. The number of hydrogen-bond acceptors (Lipinski definition) is 8. The largest absolute Gasteiger partial charge is 0.390 e. The Morgan fingerprint density at radius 2 is 1.55 bits per heavy atom. The smallest absolute Gasteiger partial charge is 0.272 e. The summed E-state index contributed by atoms with van der Waals surface area (Å²) in [6.45, 7) is 12.1. The second-order valence-electron chi connectivity index (χ2n) is 14.2. The number of aryl methyl sites for hydroxylation is 2. The molecule has 3 amide bonds. The van der Waals surface area contributed by atoms with E-state index in [1.54, 1.807) is 17.3 Å². The summed E-state index contributed by atoms with van der Waals surface area (Å²) in [5.41, 5.74) is 4.85. The highest BCUT2D eigenvalue weighted by atomic mass is 16.3. The van der Waals surface area contributed by atoms with Gasteiger partial charge in [-0.3, -0.25) is 19.3 Å². The van der Waals surface area contributed by atoms with Crippen LogP contribution < -0.4 is 5.32 Å². The third-order valence-corrected chi connectivity index (χ3v) is 9.57. The molecular weight excluding hydrogens is 729 g/mol. The van der Waals surface area contributed by atoms with Gasteiger partial charge in [-0.2, -0.15) is 0 Å². The van der Waals surface area contributed by atoms with Gasteiger partial charge in [0.15, 0.2) is 0 Å². The van der Waals surface area contributed by atoms with Crippen LogP contribution in [0.2, 0.25) is 0 Å². The molecule has 1 fully saturated rings. The van der Waals surface area contributed by atoms with Gasteiger partial charge in [0.1, 0.15) is 6.29 Å². The predicted molar refractivity (Wildman–Crippen MR) is 235 cm³/mol. The van der Waals surface area contributed by atoms with E-state index in [1.807, 2.05) is 131 Å². The van der Waals surface area contributed by atoms with E-state index in [4.69, 9.17) is 5.41 Å². The summed E-state index contributed by atoms with van der Waals surface area (Å²) in [4.78, 5) is 53.5. The minimum Gasteiger partial charge on any atom is -0.390 e. The second kappa shape index (κ2) is 28.1. The van der Waals surface area contributed by atoms with Crippen molar-refractivity contribution in [1.29, 1.82) is 5.41 Å². The van der Waals surface area contributed by atoms with E-state index >= 15 is 0 Å². The van der Waals surface area contributed by atoms with Gasteiger partial charge in [0.25, 0.3) is 5.91 Å². The number of hydrogen-bond donors (Lipinski definition) is 3. The SMILES string of the molecule is CC.CC1=CN(CC(O)C2CCCCCN2C)C=CN1C(=O)C=N.CCCN(CC(=O)Nc1ccc(C)cc1)C(=O)CCc1ccccc1.O=CCc1ccccc1. The van der Waals surface area contributed by atoms with Crippen LogP contribution in [0.4, 0.5) is 5.69 Å². The summed E-state index contributed by atoms with van der Waals surface area (Å²) >= 11 is 0. The lowest BCUT2D eigenvalue weighted by Crippen LogP contribution is -2.45. The molecule has 0 bridgehead atoms. The van der Waals surface area contributed by atoms with E-state index < -0.39 is 6.10 Å². The molecule has 0 aliphatic carbocycles. The Kier molecular flexibility index (Phi) is 23.6. The average molecular weight is 795 g/mol. The third-order valence-electron chi connectivity index (χ3n) is 9.57. The summed E-state index contributed by atoms with van der Waals surface area (Å²) in [6.07, 6.45) is 13.6. The molecular formula is C47H66N6O5. The van der Waals surface area contributed by atoms with Gasteiger partial charge >= 0.3 is 0 Å². The third kappa shape index (κ3) is 18.3. The monoisotopic (exact) mass is 795 g/mol. The number of β-amino-alcohol motifs (C(OH)–C–C–N with tert-alkyl or cyclic N) is 1. The Morgan fingerprint density at radius 1 is 0.914 bits per heavy atom. The molecule has 5 rings (SSSR count). The Hall–Kier alpha value is -5.39. The van der Waals surface area contributed by atoms with Crippen LogP contribution in [-0.4, -0.2) is 100 Å². The number of aliphatic hydroxyl groups is 1. The van der Waals surface area contributed by atoms with Gasteiger partial charge in [-0.15, -0.1) is 0 Å². The van der Waals surface area contributed by atoms with Crippen LogP contribution >= 0.6 is 0 Å². The van der Waals surface area contributed by atoms with Gasteiger partial charge < -0.3 is 35.3 Å². The number of carbonyl (C=O) groups excluding carboxylic acids is 4. The number of aliphatic hydroxyl groups excluding tert-OH is 1. The maximum atomic E-state index is 12.5. The summed E-state index contributed by atoms with van der Waals surface area (Å²) in [7, 11) is 2.08. The normalized spacial score (nSPS) is 15.3. The van der Waals surface area contributed by atoms with Gasteiger partial charge in [-0.05, 0) is 76.4 Å². The van der Waals surface area contributed by atoms with Crippen molar-refractivity contribution in [3.63, 3.8) is 0 Å². The molecule has 2 unspecified atom stereocenters. The van der Waals surface area contributed by atoms with E-state index in [0.29, 0.717) is 32.4 Å². The summed E-state index contributed by atoms with van der Waals surface area (Å²) < 4.78 is 0. The topological polar surface area (TPSA) is 137 Å². The molecule has 0 spiro atoms. The first kappa shape index (κ1) is 48.8. The standard InChI is InChI=1S/C21H26N2O2.C16H26N4O2.C8H8O.C2H6/c1-3-15-23(21(25)14-11-18-7-5-4-6-8-18)16-20(24)22-19-12-9-17(2)10-13-19;1-13-11-19(8-9-20(13)16(22)10-17)12-15(21)14-6-4-3-5-7-18(14)2;9-7-6-8-4-2-1-3-5-8;1-2/h4-10,12-13H,3,11,14-16H2,1-2H3,(H,22,24);8-11,14-15,17,21H,3-7,12H2,1-2H3;1-5,7H,6H2;1-2H3. The lowest BCUT2D eigenvalue weighted by molar-refractivity contribution is -0.134. The number of allylic oxidation sites excluding steroid dienone is 1. The van der Waals surface area contributed by atoms with E-state index in [2.05, 4.69) is 17.3 Å². The van der Waals surface area contributed by atoms with Gasteiger partial charge in [0, 0.05) is 62.0 Å². The molecule has 2 aliphatic rings. The Bertz CT molecular complexity index is 1710. The number of rotatable bonds is 14. The van der Waals surface area contributed by atoms with Crippen molar-refractivity contribution in [3.05, 3.63) is 126 Å². The number of likely N-dealkylation sites (tertiary alicyclic amines) is 1. The molecule has 0 aromatic heterocycles. The van der Waals surface area contributed by atoms with Crippen LogP contribution in [0.3, 0.4) is 0 Å². The van der Waals surface area contributed by atoms with Crippen molar-refractivity contribution < 1.29 is 24.3 Å². The fourth-order valence-corrected chi connectivity index (χ4v) is 6.48. The molecule has 3 N–H and O–H groups in total. The minimum atomic E-state index is -0.429. The average Bonchev–Trinajstić information content (AvgIpc) is 3.46. The summed E-state index contributed by atoms with van der Waals surface area (Å²) in [5, 5.41) is 20.5. The predicted octanol–water partition coefficient (Wildman–Crippen LogP) is 7.61. The number of nitrogens with one attached hydrogen (secondary N) is 2. The summed E-state index contributed by atoms with van der Waals surface area (Å²) in [6, 6.07) is 27.4. The highest BCUT2D eigenvalue weighted by Gasteiger charge is 2.27. The van der Waals surface area contributed by atoms with E-state index in [0.717, 1.165) is 60.0 Å². The molecule has 3 aromatic carbocycles. The Balaban J connectivity index is 0.000000320. The molecule has 0 saturated carbocycles. The van der Waals surface area contributed by atoms with Crippen LogP contribution in [0.5, 0.6) is 0 Å². The zero-order valence-corrected chi connectivity index (χ0v) is 35.5. The number of anilines is 1. The summed E-state index contributed by atoms with van der Waals surface area (Å²) in [5.74, 6) is -0.510. The van der Waals surface area contributed by atoms with Gasteiger partial charge in [-0.1, -0.05) is 112 Å². The van der Waals surface area contributed by atoms with Crippen molar-refractivity contribution in [3.8, 4) is 0 Å². The molecule has 314 valence electrons. The van der Waals surface area contributed by atoms with Crippen molar-refractivity contribution >= 4 is 35.9 Å². The van der Waals surface area contributed by atoms with Crippen molar-refractivity contribution in [2.24, 2.45) is 0 Å². The van der Waals surface area contributed by atoms with Crippen molar-refractivity contribution in [2.75, 3.05) is 38.5 Å². The first-order valence-electron chi connectivity index (χ1n) is 20.5. The number of aldehydes is 1.